The average molecular weight is 282 g/mol. The molecule has 0 heterocycles. The lowest BCUT2D eigenvalue weighted by molar-refractivity contribution is 0.680. The number of rotatable bonds is 5. The van der Waals surface area contributed by atoms with Gasteiger partial charge < -0.3 is 10.6 Å². The van der Waals surface area contributed by atoms with Gasteiger partial charge in [-0.25, -0.2) is 0 Å². The average Bonchev–Trinajstić information content (AvgIpc) is 2.49. The van der Waals surface area contributed by atoms with Gasteiger partial charge in [-0.3, -0.25) is 0 Å². The third kappa shape index (κ3) is 3.64. The van der Waals surface area contributed by atoms with Crippen molar-refractivity contribution in [1.82, 2.24) is 0 Å². The molecule has 1 atom stereocenters. The summed E-state index contributed by atoms with van der Waals surface area (Å²) in [4.78, 5) is 2.25. The fourth-order valence-electron chi connectivity index (χ4n) is 2.58. The van der Waals surface area contributed by atoms with E-state index in [2.05, 4.69) is 81.2 Å². The van der Waals surface area contributed by atoms with Crippen LogP contribution < -0.4 is 10.6 Å². The number of nitrogens with zero attached hydrogens (tertiary/aromatic N) is 1. The molecule has 2 aromatic rings. The molecular weight excluding hydrogens is 256 g/mol. The number of hydrogen-bond donors (Lipinski definition) is 1. The molecule has 21 heavy (non-hydrogen) atoms. The molecule has 0 aliphatic carbocycles. The minimum absolute atomic E-state index is 0.203. The Kier molecular flexibility index (Phi) is 5.03. The van der Waals surface area contributed by atoms with Crippen LogP contribution in [-0.4, -0.2) is 13.6 Å². The largest absolute Gasteiger partial charge is 0.366 e. The minimum Gasteiger partial charge on any atom is -0.366 e. The summed E-state index contributed by atoms with van der Waals surface area (Å²) in [6.07, 6.45) is 0. The van der Waals surface area contributed by atoms with Gasteiger partial charge in [0.25, 0.3) is 0 Å². The second-order valence-electron chi connectivity index (χ2n) is 6.02. The van der Waals surface area contributed by atoms with Crippen molar-refractivity contribution in [2.24, 2.45) is 5.73 Å². The molecule has 0 radical (unpaired) electrons. The van der Waals surface area contributed by atoms with E-state index in [1.165, 1.54) is 22.4 Å². The molecule has 0 aliphatic rings. The molecule has 0 spiro atoms. The second-order valence-corrected chi connectivity index (χ2v) is 6.02. The molecule has 0 aromatic heterocycles. The number of benzene rings is 2. The Morgan fingerprint density at radius 3 is 1.90 bits per heavy atom. The van der Waals surface area contributed by atoms with Crippen LogP contribution in [0.3, 0.4) is 0 Å². The van der Waals surface area contributed by atoms with E-state index in [9.17, 15) is 0 Å². The van der Waals surface area contributed by atoms with Crippen LogP contribution in [-0.2, 0) is 0 Å². The smallest absolute Gasteiger partial charge is 0.0661 e. The van der Waals surface area contributed by atoms with Gasteiger partial charge in [-0.05, 0) is 36.1 Å². The number of likely N-dealkylation sites (N-methyl/N-ethyl adjacent to an activating group) is 1. The maximum atomic E-state index is 6.03. The first-order valence-corrected chi connectivity index (χ1v) is 7.62. The standard InChI is InChI=1S/C19H26N2/c1-14(2)16-7-9-17(10-8-16)19(13-20)21(4)18-11-5-15(3)6-12-18/h5-12,14,19H,13,20H2,1-4H3. The zero-order valence-corrected chi connectivity index (χ0v) is 13.5. The summed E-state index contributed by atoms with van der Waals surface area (Å²) in [5.74, 6) is 0.560. The quantitative estimate of drug-likeness (QED) is 0.888. The molecule has 1 unspecified atom stereocenters. The first-order chi connectivity index (χ1) is 10.0. The van der Waals surface area contributed by atoms with Gasteiger partial charge in [-0.15, -0.1) is 0 Å². The van der Waals surface area contributed by atoms with Crippen molar-refractivity contribution in [2.75, 3.05) is 18.5 Å². The van der Waals surface area contributed by atoms with Crippen molar-refractivity contribution in [2.45, 2.75) is 32.7 Å². The highest BCUT2D eigenvalue weighted by molar-refractivity contribution is 5.49. The van der Waals surface area contributed by atoms with Gasteiger partial charge in [-0.1, -0.05) is 55.8 Å². The van der Waals surface area contributed by atoms with E-state index in [1.807, 2.05) is 0 Å². The van der Waals surface area contributed by atoms with Crippen LogP contribution in [0.1, 0.15) is 42.5 Å². The number of nitrogens with two attached hydrogens (primary N) is 1. The second kappa shape index (κ2) is 6.77. The summed E-state index contributed by atoms with van der Waals surface area (Å²) in [5, 5.41) is 0. The molecule has 0 saturated heterocycles. The Morgan fingerprint density at radius 1 is 0.905 bits per heavy atom. The van der Waals surface area contributed by atoms with Crippen LogP contribution >= 0.6 is 0 Å². The highest BCUT2D eigenvalue weighted by atomic mass is 15.1. The molecule has 2 rings (SSSR count). The molecule has 0 aliphatic heterocycles. The fourth-order valence-corrected chi connectivity index (χ4v) is 2.58. The zero-order valence-electron chi connectivity index (χ0n) is 13.5. The van der Waals surface area contributed by atoms with E-state index < -0.39 is 0 Å². The van der Waals surface area contributed by atoms with Crippen molar-refractivity contribution >= 4 is 5.69 Å². The van der Waals surface area contributed by atoms with Crippen LogP contribution in [0.15, 0.2) is 48.5 Å². The Balaban J connectivity index is 2.23. The van der Waals surface area contributed by atoms with E-state index in [0.29, 0.717) is 12.5 Å². The highest BCUT2D eigenvalue weighted by Crippen LogP contribution is 2.26. The summed E-state index contributed by atoms with van der Waals surface area (Å²) in [7, 11) is 2.11. The third-order valence-corrected chi connectivity index (χ3v) is 4.12. The van der Waals surface area contributed by atoms with Gasteiger partial charge in [0.1, 0.15) is 0 Å². The summed E-state index contributed by atoms with van der Waals surface area (Å²) in [6, 6.07) is 17.6. The van der Waals surface area contributed by atoms with Gasteiger partial charge in [0, 0.05) is 19.3 Å². The third-order valence-electron chi connectivity index (χ3n) is 4.12. The fraction of sp³-hybridized carbons (Fsp3) is 0.368. The molecule has 0 saturated carbocycles. The predicted molar refractivity (Wildman–Crippen MR) is 91.9 cm³/mol. The topological polar surface area (TPSA) is 29.3 Å². The van der Waals surface area contributed by atoms with Crippen LogP contribution in [0.5, 0.6) is 0 Å². The summed E-state index contributed by atoms with van der Waals surface area (Å²) in [6.45, 7) is 7.14. The van der Waals surface area contributed by atoms with Crippen molar-refractivity contribution < 1.29 is 0 Å². The Bertz CT molecular complexity index is 555. The lowest BCUT2D eigenvalue weighted by Gasteiger charge is -2.30. The first kappa shape index (κ1) is 15.6. The molecule has 112 valence electrons. The minimum atomic E-state index is 0.203. The molecule has 2 N–H and O–H groups in total. The molecule has 0 amide bonds. The molecule has 0 bridgehead atoms. The monoisotopic (exact) mass is 282 g/mol. The predicted octanol–water partition coefficient (Wildman–Crippen LogP) is 4.25. The zero-order chi connectivity index (χ0) is 15.4. The Morgan fingerprint density at radius 2 is 1.43 bits per heavy atom. The number of anilines is 1. The molecule has 2 nitrogen and oxygen atoms in total. The van der Waals surface area contributed by atoms with E-state index in [1.54, 1.807) is 0 Å². The van der Waals surface area contributed by atoms with Crippen molar-refractivity contribution in [3.8, 4) is 0 Å². The number of hydrogen-bond acceptors (Lipinski definition) is 2. The van der Waals surface area contributed by atoms with E-state index in [4.69, 9.17) is 5.73 Å². The Hall–Kier alpha value is -1.80. The van der Waals surface area contributed by atoms with E-state index >= 15 is 0 Å². The number of aryl methyl sites for hydroxylation is 1. The van der Waals surface area contributed by atoms with Gasteiger partial charge in [0.05, 0.1) is 6.04 Å². The first-order valence-electron chi connectivity index (χ1n) is 7.62. The van der Waals surface area contributed by atoms with Gasteiger partial charge >= 0.3 is 0 Å². The molecule has 2 aromatic carbocycles. The Labute approximate surface area is 128 Å². The van der Waals surface area contributed by atoms with Crippen LogP contribution in [0.4, 0.5) is 5.69 Å². The summed E-state index contributed by atoms with van der Waals surface area (Å²) >= 11 is 0. The van der Waals surface area contributed by atoms with Crippen molar-refractivity contribution in [3.05, 3.63) is 65.2 Å². The van der Waals surface area contributed by atoms with E-state index in [-0.39, 0.29) is 6.04 Å². The molecule has 2 heteroatoms. The van der Waals surface area contributed by atoms with E-state index in [0.717, 1.165) is 0 Å². The highest BCUT2D eigenvalue weighted by Gasteiger charge is 2.16. The lowest BCUT2D eigenvalue weighted by Crippen LogP contribution is -2.30. The van der Waals surface area contributed by atoms with Crippen LogP contribution in [0, 0.1) is 6.92 Å². The molecule has 0 fully saturated rings. The van der Waals surface area contributed by atoms with Crippen molar-refractivity contribution in [3.63, 3.8) is 0 Å². The van der Waals surface area contributed by atoms with Gasteiger partial charge in [0.15, 0.2) is 0 Å². The van der Waals surface area contributed by atoms with Crippen molar-refractivity contribution in [1.29, 1.82) is 0 Å². The molecular formula is C19H26N2. The normalized spacial score (nSPS) is 12.5. The maximum Gasteiger partial charge on any atom is 0.0661 e. The maximum absolute atomic E-state index is 6.03. The van der Waals surface area contributed by atoms with Gasteiger partial charge in [0.2, 0.25) is 0 Å². The SMILES string of the molecule is Cc1ccc(N(C)C(CN)c2ccc(C(C)C)cc2)cc1. The van der Waals surface area contributed by atoms with Crippen LogP contribution in [0.25, 0.3) is 0 Å². The van der Waals surface area contributed by atoms with Gasteiger partial charge in [-0.2, -0.15) is 0 Å². The summed E-state index contributed by atoms with van der Waals surface area (Å²) < 4.78 is 0. The summed E-state index contributed by atoms with van der Waals surface area (Å²) in [5.41, 5.74) is 11.1. The lowest BCUT2D eigenvalue weighted by atomic mass is 9.98. The van der Waals surface area contributed by atoms with Crippen LogP contribution in [0.2, 0.25) is 0 Å².